The maximum atomic E-state index is 12.7. The summed E-state index contributed by atoms with van der Waals surface area (Å²) in [5.74, 6) is -0.471. The van der Waals surface area contributed by atoms with Crippen LogP contribution in [0.15, 0.2) is 18.5 Å². The Balaban J connectivity index is 2.96. The largest absolute Gasteiger partial charge is 0.386 e. The first kappa shape index (κ1) is 10.1. The Morgan fingerprint density at radius 2 is 2.15 bits per heavy atom. The number of rotatable bonds is 2. The molecule has 1 heterocycles. The molecule has 72 valence electrons. The number of pyridine rings is 1. The summed E-state index contributed by atoms with van der Waals surface area (Å²) in [6, 6.07) is 1.23. The molecule has 13 heavy (non-hydrogen) atoms. The number of halogens is 1. The molecule has 1 atom stereocenters. The molecule has 0 aliphatic heterocycles. The van der Waals surface area contributed by atoms with Gasteiger partial charge in [0.1, 0.15) is 5.82 Å². The average molecular weight is 184 g/mol. The van der Waals surface area contributed by atoms with Crippen LogP contribution in [0.3, 0.4) is 0 Å². The summed E-state index contributed by atoms with van der Waals surface area (Å²) in [4.78, 5) is 3.63. The molecule has 3 nitrogen and oxygen atoms in total. The van der Waals surface area contributed by atoms with Crippen molar-refractivity contribution in [2.24, 2.45) is 5.73 Å². The van der Waals surface area contributed by atoms with Gasteiger partial charge in [0.15, 0.2) is 0 Å². The van der Waals surface area contributed by atoms with Gasteiger partial charge >= 0.3 is 0 Å². The van der Waals surface area contributed by atoms with Gasteiger partial charge in [0, 0.05) is 17.3 Å². The number of hydrogen-bond acceptors (Lipinski definition) is 3. The average Bonchev–Trinajstić information content (AvgIpc) is 2.01. The molecule has 0 saturated heterocycles. The van der Waals surface area contributed by atoms with Crippen molar-refractivity contribution < 1.29 is 9.50 Å². The molecule has 0 radical (unpaired) electrons. The number of aromatic nitrogens is 1. The zero-order valence-electron chi connectivity index (χ0n) is 7.66. The lowest BCUT2D eigenvalue weighted by Gasteiger charge is -2.25. The van der Waals surface area contributed by atoms with E-state index in [0.717, 1.165) is 6.20 Å². The standard InChI is InChI=1S/C9H13FN2O/c1-9(2,11)8(13)6-3-7(10)5-12-4-6/h3-5,8,13H,11H2,1-2H3. The lowest BCUT2D eigenvalue weighted by molar-refractivity contribution is 0.104. The smallest absolute Gasteiger partial charge is 0.141 e. The minimum absolute atomic E-state index is 0.396. The van der Waals surface area contributed by atoms with Crippen LogP contribution in [-0.4, -0.2) is 15.6 Å². The summed E-state index contributed by atoms with van der Waals surface area (Å²) in [5, 5.41) is 9.65. The Labute approximate surface area is 76.4 Å². The first-order valence-electron chi connectivity index (χ1n) is 3.98. The fraction of sp³-hybridized carbons (Fsp3) is 0.444. The number of hydrogen-bond donors (Lipinski definition) is 2. The van der Waals surface area contributed by atoms with E-state index in [1.807, 2.05) is 0 Å². The Morgan fingerprint density at radius 3 is 2.62 bits per heavy atom. The molecule has 1 aromatic rings. The van der Waals surface area contributed by atoms with E-state index in [0.29, 0.717) is 5.56 Å². The van der Waals surface area contributed by atoms with E-state index < -0.39 is 17.5 Å². The number of nitrogens with two attached hydrogens (primary N) is 1. The second kappa shape index (κ2) is 3.40. The van der Waals surface area contributed by atoms with Crippen LogP contribution in [0.5, 0.6) is 0 Å². The second-order valence-corrected chi connectivity index (χ2v) is 3.66. The van der Waals surface area contributed by atoms with Gasteiger partial charge in [-0.25, -0.2) is 4.39 Å². The molecule has 0 aromatic carbocycles. The molecule has 1 unspecified atom stereocenters. The Morgan fingerprint density at radius 1 is 1.54 bits per heavy atom. The highest BCUT2D eigenvalue weighted by Gasteiger charge is 2.24. The first-order chi connectivity index (χ1) is 5.91. The summed E-state index contributed by atoms with van der Waals surface area (Å²) in [6.07, 6.45) is 1.58. The topological polar surface area (TPSA) is 59.1 Å². The van der Waals surface area contributed by atoms with E-state index in [-0.39, 0.29) is 0 Å². The van der Waals surface area contributed by atoms with Crippen LogP contribution in [0.1, 0.15) is 25.5 Å². The van der Waals surface area contributed by atoms with Crippen molar-refractivity contribution in [3.05, 3.63) is 29.8 Å². The normalized spacial score (nSPS) is 14.2. The van der Waals surface area contributed by atoms with Crippen molar-refractivity contribution in [2.45, 2.75) is 25.5 Å². The van der Waals surface area contributed by atoms with Gasteiger partial charge in [-0.3, -0.25) is 4.98 Å². The lowest BCUT2D eigenvalue weighted by Crippen LogP contribution is -2.39. The van der Waals surface area contributed by atoms with Gasteiger partial charge in [-0.1, -0.05) is 0 Å². The van der Waals surface area contributed by atoms with E-state index >= 15 is 0 Å². The summed E-state index contributed by atoms with van der Waals surface area (Å²) in [7, 11) is 0. The molecule has 0 saturated carbocycles. The molecule has 0 fully saturated rings. The number of nitrogens with zero attached hydrogens (tertiary/aromatic N) is 1. The molecule has 0 spiro atoms. The van der Waals surface area contributed by atoms with Crippen molar-refractivity contribution in [3.8, 4) is 0 Å². The molecule has 1 rings (SSSR count). The van der Waals surface area contributed by atoms with Gasteiger partial charge in [-0.05, 0) is 19.9 Å². The molecular formula is C9H13FN2O. The maximum absolute atomic E-state index is 12.7. The van der Waals surface area contributed by atoms with E-state index in [2.05, 4.69) is 4.98 Å². The third kappa shape index (κ3) is 2.47. The third-order valence-electron chi connectivity index (χ3n) is 1.75. The van der Waals surface area contributed by atoms with Crippen LogP contribution in [0, 0.1) is 5.82 Å². The van der Waals surface area contributed by atoms with Gasteiger partial charge in [-0.15, -0.1) is 0 Å². The van der Waals surface area contributed by atoms with E-state index in [4.69, 9.17) is 5.73 Å². The summed E-state index contributed by atoms with van der Waals surface area (Å²) < 4.78 is 12.7. The summed E-state index contributed by atoms with van der Waals surface area (Å²) in [6.45, 7) is 3.34. The third-order valence-corrected chi connectivity index (χ3v) is 1.75. The Bertz CT molecular complexity index is 296. The molecule has 1 aromatic heterocycles. The van der Waals surface area contributed by atoms with Crippen molar-refractivity contribution in [2.75, 3.05) is 0 Å². The summed E-state index contributed by atoms with van der Waals surface area (Å²) >= 11 is 0. The Hall–Kier alpha value is -1.00. The molecule has 3 N–H and O–H groups in total. The minimum atomic E-state index is -0.907. The Kier molecular flexibility index (Phi) is 2.63. The fourth-order valence-electron chi connectivity index (χ4n) is 1.01. The second-order valence-electron chi connectivity index (χ2n) is 3.66. The quantitative estimate of drug-likeness (QED) is 0.720. The molecule has 0 aliphatic rings. The van der Waals surface area contributed by atoms with Crippen molar-refractivity contribution >= 4 is 0 Å². The predicted octanol–water partition coefficient (Wildman–Crippen LogP) is 0.991. The SMILES string of the molecule is CC(C)(N)C(O)c1cncc(F)c1. The summed E-state index contributed by atoms with van der Waals surface area (Å²) in [5.41, 5.74) is 5.26. The highest BCUT2D eigenvalue weighted by molar-refractivity contribution is 5.16. The van der Waals surface area contributed by atoms with Gasteiger partial charge in [0.05, 0.1) is 12.3 Å². The van der Waals surface area contributed by atoms with Gasteiger partial charge in [0.25, 0.3) is 0 Å². The maximum Gasteiger partial charge on any atom is 0.141 e. The van der Waals surface area contributed by atoms with E-state index in [1.165, 1.54) is 12.3 Å². The van der Waals surface area contributed by atoms with E-state index in [9.17, 15) is 9.50 Å². The van der Waals surface area contributed by atoms with Gasteiger partial charge < -0.3 is 10.8 Å². The fourth-order valence-corrected chi connectivity index (χ4v) is 1.01. The van der Waals surface area contributed by atoms with Crippen LogP contribution >= 0.6 is 0 Å². The first-order valence-corrected chi connectivity index (χ1v) is 3.98. The zero-order valence-corrected chi connectivity index (χ0v) is 7.66. The van der Waals surface area contributed by atoms with Crippen LogP contribution < -0.4 is 5.73 Å². The van der Waals surface area contributed by atoms with Gasteiger partial charge in [0.2, 0.25) is 0 Å². The predicted molar refractivity (Wildman–Crippen MR) is 47.4 cm³/mol. The highest BCUT2D eigenvalue weighted by atomic mass is 19.1. The molecule has 4 heteroatoms. The number of aliphatic hydroxyl groups excluding tert-OH is 1. The zero-order chi connectivity index (χ0) is 10.1. The van der Waals surface area contributed by atoms with Crippen LogP contribution in [-0.2, 0) is 0 Å². The minimum Gasteiger partial charge on any atom is -0.386 e. The molecule has 0 bridgehead atoms. The van der Waals surface area contributed by atoms with Crippen LogP contribution in [0.2, 0.25) is 0 Å². The van der Waals surface area contributed by atoms with Gasteiger partial charge in [-0.2, -0.15) is 0 Å². The van der Waals surface area contributed by atoms with Crippen molar-refractivity contribution in [1.82, 2.24) is 4.98 Å². The van der Waals surface area contributed by atoms with Crippen molar-refractivity contribution in [1.29, 1.82) is 0 Å². The lowest BCUT2D eigenvalue weighted by atomic mass is 9.93. The monoisotopic (exact) mass is 184 g/mol. The molecule has 0 aliphatic carbocycles. The number of aliphatic hydroxyl groups is 1. The molecular weight excluding hydrogens is 171 g/mol. The van der Waals surface area contributed by atoms with Crippen LogP contribution in [0.25, 0.3) is 0 Å². The highest BCUT2D eigenvalue weighted by Crippen LogP contribution is 2.22. The van der Waals surface area contributed by atoms with Crippen LogP contribution in [0.4, 0.5) is 4.39 Å². The van der Waals surface area contributed by atoms with E-state index in [1.54, 1.807) is 13.8 Å². The van der Waals surface area contributed by atoms with Crippen molar-refractivity contribution in [3.63, 3.8) is 0 Å². The molecule has 0 amide bonds.